The Labute approximate surface area is 109 Å². The number of methoxy groups -OCH3 is 1. The molecule has 0 saturated heterocycles. The van der Waals surface area contributed by atoms with E-state index in [9.17, 15) is 4.79 Å². The maximum absolute atomic E-state index is 11.6. The Hall–Kier alpha value is -1.39. The maximum Gasteiger partial charge on any atom is 0.234 e. The second-order valence-corrected chi connectivity index (χ2v) is 4.51. The molecular formula is C14H22N2O2. The Morgan fingerprint density at radius 1 is 1.28 bits per heavy atom. The molecule has 2 N–H and O–H groups in total. The molecule has 0 saturated carbocycles. The summed E-state index contributed by atoms with van der Waals surface area (Å²) in [5.41, 5.74) is 2.20. The highest BCUT2D eigenvalue weighted by Crippen LogP contribution is 2.09. The Morgan fingerprint density at radius 3 is 2.56 bits per heavy atom. The van der Waals surface area contributed by atoms with E-state index in [-0.39, 0.29) is 5.91 Å². The highest BCUT2D eigenvalue weighted by atomic mass is 16.5. The number of hydrogen-bond acceptors (Lipinski definition) is 3. The van der Waals surface area contributed by atoms with Crippen LogP contribution in [0.3, 0.4) is 0 Å². The summed E-state index contributed by atoms with van der Waals surface area (Å²) < 4.78 is 5.13. The molecule has 0 spiro atoms. The molecule has 1 rings (SSSR count). The van der Waals surface area contributed by atoms with Crippen LogP contribution in [-0.2, 0) is 22.7 Å². The number of ether oxygens (including phenoxy) is 1. The number of carbonyl (C=O) groups excluding carboxylic acids is 1. The van der Waals surface area contributed by atoms with Gasteiger partial charge < -0.3 is 15.4 Å². The topological polar surface area (TPSA) is 50.4 Å². The Balaban J connectivity index is 2.45. The zero-order chi connectivity index (χ0) is 13.4. The van der Waals surface area contributed by atoms with E-state index >= 15 is 0 Å². The molecule has 4 heteroatoms. The molecule has 0 aliphatic heterocycles. The summed E-state index contributed by atoms with van der Waals surface area (Å²) in [6, 6.07) is 8.27. The number of carbonyl (C=O) groups is 1. The number of amides is 1. The number of nitrogens with one attached hydrogen (secondary N) is 2. The summed E-state index contributed by atoms with van der Waals surface area (Å²) in [6.07, 6.45) is 0. The fourth-order valence-electron chi connectivity index (χ4n) is 1.58. The van der Waals surface area contributed by atoms with Crippen LogP contribution in [0.4, 0.5) is 0 Å². The summed E-state index contributed by atoms with van der Waals surface area (Å²) >= 11 is 0. The van der Waals surface area contributed by atoms with Gasteiger partial charge in [0.15, 0.2) is 0 Å². The quantitative estimate of drug-likeness (QED) is 0.770. The van der Waals surface area contributed by atoms with E-state index in [1.54, 1.807) is 7.11 Å². The molecule has 0 aliphatic carbocycles. The summed E-state index contributed by atoms with van der Waals surface area (Å²) in [5.74, 6) is 0.0101. The first-order valence-electron chi connectivity index (χ1n) is 6.19. The Bertz CT molecular complexity index is 378. The molecule has 0 heterocycles. The van der Waals surface area contributed by atoms with E-state index in [0.717, 1.165) is 11.1 Å². The SMILES string of the molecule is COCc1ccccc1CNC(=O)CNC(C)C. The number of benzene rings is 1. The molecule has 0 radical (unpaired) electrons. The molecule has 0 bridgehead atoms. The molecule has 0 aliphatic rings. The number of rotatable bonds is 7. The van der Waals surface area contributed by atoms with Crippen LogP contribution in [0.2, 0.25) is 0 Å². The Kier molecular flexibility index (Phi) is 6.39. The van der Waals surface area contributed by atoms with Crippen LogP contribution < -0.4 is 10.6 Å². The second-order valence-electron chi connectivity index (χ2n) is 4.51. The van der Waals surface area contributed by atoms with E-state index in [4.69, 9.17) is 4.74 Å². The van der Waals surface area contributed by atoms with Crippen molar-refractivity contribution < 1.29 is 9.53 Å². The predicted octanol–water partition coefficient (Wildman–Crippen LogP) is 1.45. The van der Waals surface area contributed by atoms with E-state index in [2.05, 4.69) is 10.6 Å². The lowest BCUT2D eigenvalue weighted by molar-refractivity contribution is -0.120. The van der Waals surface area contributed by atoms with Crippen LogP contribution in [-0.4, -0.2) is 25.6 Å². The van der Waals surface area contributed by atoms with Crippen molar-refractivity contribution in [3.63, 3.8) is 0 Å². The predicted molar refractivity (Wildman–Crippen MR) is 72.1 cm³/mol. The lowest BCUT2D eigenvalue weighted by Gasteiger charge is -2.11. The fourth-order valence-corrected chi connectivity index (χ4v) is 1.58. The highest BCUT2D eigenvalue weighted by Gasteiger charge is 2.05. The molecule has 0 aromatic heterocycles. The van der Waals surface area contributed by atoms with Crippen molar-refractivity contribution in [2.75, 3.05) is 13.7 Å². The van der Waals surface area contributed by atoms with Gasteiger partial charge in [0.2, 0.25) is 5.91 Å². The van der Waals surface area contributed by atoms with Crippen molar-refractivity contribution in [3.8, 4) is 0 Å². The highest BCUT2D eigenvalue weighted by molar-refractivity contribution is 5.78. The maximum atomic E-state index is 11.6. The van der Waals surface area contributed by atoms with Gasteiger partial charge in [-0.3, -0.25) is 4.79 Å². The first kappa shape index (κ1) is 14.7. The second kappa shape index (κ2) is 7.84. The third kappa shape index (κ3) is 5.29. The molecule has 0 unspecified atom stereocenters. The standard InChI is InChI=1S/C14H22N2O2/c1-11(2)15-9-14(17)16-8-12-6-4-5-7-13(12)10-18-3/h4-7,11,15H,8-10H2,1-3H3,(H,16,17). The number of hydrogen-bond donors (Lipinski definition) is 2. The molecule has 4 nitrogen and oxygen atoms in total. The van der Waals surface area contributed by atoms with Gasteiger partial charge in [0.1, 0.15) is 0 Å². The van der Waals surface area contributed by atoms with Crippen molar-refractivity contribution in [2.24, 2.45) is 0 Å². The minimum atomic E-state index is 0.0101. The van der Waals surface area contributed by atoms with Gasteiger partial charge in [-0.05, 0) is 11.1 Å². The third-order valence-corrected chi connectivity index (χ3v) is 2.57. The van der Waals surface area contributed by atoms with Crippen LogP contribution in [0, 0.1) is 0 Å². The van der Waals surface area contributed by atoms with Crippen molar-refractivity contribution >= 4 is 5.91 Å². The minimum Gasteiger partial charge on any atom is -0.380 e. The van der Waals surface area contributed by atoms with Gasteiger partial charge in [-0.2, -0.15) is 0 Å². The average Bonchev–Trinajstić information content (AvgIpc) is 2.35. The van der Waals surface area contributed by atoms with Gasteiger partial charge in [-0.15, -0.1) is 0 Å². The summed E-state index contributed by atoms with van der Waals surface area (Å²) in [4.78, 5) is 11.6. The molecule has 100 valence electrons. The lowest BCUT2D eigenvalue weighted by Crippen LogP contribution is -2.36. The summed E-state index contributed by atoms with van der Waals surface area (Å²) in [7, 11) is 1.67. The average molecular weight is 250 g/mol. The van der Waals surface area contributed by atoms with E-state index in [1.165, 1.54) is 0 Å². The molecule has 18 heavy (non-hydrogen) atoms. The lowest BCUT2D eigenvalue weighted by atomic mass is 10.1. The van der Waals surface area contributed by atoms with Gasteiger partial charge in [0.05, 0.1) is 13.2 Å². The molecule has 0 fully saturated rings. The fraction of sp³-hybridized carbons (Fsp3) is 0.500. The smallest absolute Gasteiger partial charge is 0.234 e. The first-order chi connectivity index (χ1) is 8.63. The monoisotopic (exact) mass is 250 g/mol. The van der Waals surface area contributed by atoms with E-state index in [1.807, 2.05) is 38.1 Å². The van der Waals surface area contributed by atoms with Crippen LogP contribution in [0.15, 0.2) is 24.3 Å². The van der Waals surface area contributed by atoms with Crippen LogP contribution in [0.1, 0.15) is 25.0 Å². The van der Waals surface area contributed by atoms with Gasteiger partial charge >= 0.3 is 0 Å². The van der Waals surface area contributed by atoms with Gasteiger partial charge in [0, 0.05) is 19.7 Å². The summed E-state index contributed by atoms with van der Waals surface area (Å²) in [6.45, 7) is 5.49. The van der Waals surface area contributed by atoms with E-state index in [0.29, 0.717) is 25.7 Å². The van der Waals surface area contributed by atoms with E-state index < -0.39 is 0 Å². The minimum absolute atomic E-state index is 0.0101. The van der Waals surface area contributed by atoms with Crippen LogP contribution in [0.25, 0.3) is 0 Å². The van der Waals surface area contributed by atoms with Gasteiger partial charge in [-0.1, -0.05) is 38.1 Å². The molecule has 1 aromatic carbocycles. The molecule has 1 amide bonds. The van der Waals surface area contributed by atoms with Crippen molar-refractivity contribution in [3.05, 3.63) is 35.4 Å². The third-order valence-electron chi connectivity index (χ3n) is 2.57. The molecular weight excluding hydrogens is 228 g/mol. The van der Waals surface area contributed by atoms with Crippen LogP contribution >= 0.6 is 0 Å². The molecule has 1 aromatic rings. The largest absolute Gasteiger partial charge is 0.380 e. The van der Waals surface area contributed by atoms with Crippen molar-refractivity contribution in [1.29, 1.82) is 0 Å². The zero-order valence-corrected chi connectivity index (χ0v) is 11.3. The Morgan fingerprint density at radius 2 is 1.94 bits per heavy atom. The molecule has 0 atom stereocenters. The van der Waals surface area contributed by atoms with Crippen molar-refractivity contribution in [2.45, 2.75) is 33.0 Å². The summed E-state index contributed by atoms with van der Waals surface area (Å²) in [5, 5.41) is 5.98. The van der Waals surface area contributed by atoms with Crippen LogP contribution in [0.5, 0.6) is 0 Å². The van der Waals surface area contributed by atoms with Gasteiger partial charge in [-0.25, -0.2) is 0 Å². The van der Waals surface area contributed by atoms with Crippen molar-refractivity contribution in [1.82, 2.24) is 10.6 Å². The first-order valence-corrected chi connectivity index (χ1v) is 6.19. The normalized spacial score (nSPS) is 10.7. The van der Waals surface area contributed by atoms with Gasteiger partial charge in [0.25, 0.3) is 0 Å². The zero-order valence-electron chi connectivity index (χ0n) is 11.3.